The highest BCUT2D eigenvalue weighted by molar-refractivity contribution is 6.16. The highest BCUT2D eigenvalue weighted by atomic mass is 16.4. The molecule has 0 bridgehead atoms. The first-order chi connectivity index (χ1) is 19.0. The molecule has 2 aromatic heterocycles. The molecule has 1 fully saturated rings. The lowest BCUT2D eigenvalue weighted by Crippen LogP contribution is -2.34. The zero-order chi connectivity index (χ0) is 27.1. The van der Waals surface area contributed by atoms with Crippen LogP contribution in [-0.2, 0) is 0 Å². The van der Waals surface area contributed by atoms with E-state index in [9.17, 15) is 14.7 Å². The summed E-state index contributed by atoms with van der Waals surface area (Å²) < 4.78 is 14.8. The van der Waals surface area contributed by atoms with Crippen LogP contribution in [0, 0.1) is 0 Å². The predicted molar refractivity (Wildman–Crippen MR) is 155 cm³/mol. The van der Waals surface area contributed by atoms with E-state index in [1.807, 2.05) is 36.4 Å². The van der Waals surface area contributed by atoms with Crippen molar-refractivity contribution in [2.45, 2.75) is 33.1 Å². The molecule has 0 radical (unpaired) electrons. The zero-order valence-electron chi connectivity index (χ0n) is 22.2. The first-order valence-corrected chi connectivity index (χ1v) is 13.6. The van der Waals surface area contributed by atoms with Gasteiger partial charge in [0, 0.05) is 54.7 Å². The second-order valence-corrected chi connectivity index (χ2v) is 10.0. The maximum Gasteiger partial charge on any atom is 0.348 e. The molecule has 6 rings (SSSR count). The van der Waals surface area contributed by atoms with Crippen LogP contribution in [-0.4, -0.2) is 37.3 Å². The van der Waals surface area contributed by atoms with Gasteiger partial charge in [-0.15, -0.1) is 0 Å². The number of carboxylic acids is 1. The van der Waals surface area contributed by atoms with Crippen molar-refractivity contribution in [3.05, 3.63) is 82.0 Å². The molecule has 1 N–H and O–H groups in total. The quantitative estimate of drug-likeness (QED) is 0.134. The molecule has 0 amide bonds. The largest absolute Gasteiger partial charge is 0.478 e. The Hall–Kier alpha value is -4.39. The van der Waals surface area contributed by atoms with Crippen molar-refractivity contribution in [3.63, 3.8) is 0 Å². The molecule has 198 valence electrons. The number of anilines is 1. The minimum absolute atomic E-state index is 0.110. The van der Waals surface area contributed by atoms with Crippen molar-refractivity contribution in [3.8, 4) is 11.1 Å². The molecule has 0 atom stereocenters. The second-order valence-electron chi connectivity index (χ2n) is 10.0. The van der Waals surface area contributed by atoms with Gasteiger partial charge in [0.25, 0.3) is 0 Å². The Morgan fingerprint density at radius 2 is 1.62 bits per heavy atom. The Labute approximate surface area is 225 Å². The van der Waals surface area contributed by atoms with Crippen LogP contribution < -0.4 is 20.5 Å². The number of hydrogen-bond donors (Lipinski definition) is 1. The molecule has 0 saturated carbocycles. The fourth-order valence-corrected chi connectivity index (χ4v) is 5.83. The van der Waals surface area contributed by atoms with Gasteiger partial charge >= 0.3 is 11.6 Å². The van der Waals surface area contributed by atoms with Gasteiger partial charge in [0.05, 0.1) is 17.0 Å². The molecule has 3 heterocycles. The Morgan fingerprint density at radius 1 is 0.897 bits per heavy atom. The van der Waals surface area contributed by atoms with Crippen molar-refractivity contribution in [1.82, 2.24) is 4.58 Å². The van der Waals surface area contributed by atoms with Gasteiger partial charge in [0.1, 0.15) is 29.6 Å². The van der Waals surface area contributed by atoms with Gasteiger partial charge in [0.2, 0.25) is 5.36 Å². The van der Waals surface area contributed by atoms with Crippen LogP contribution in [0.15, 0.2) is 74.3 Å². The van der Waals surface area contributed by atoms with Gasteiger partial charge < -0.3 is 18.8 Å². The van der Waals surface area contributed by atoms with Gasteiger partial charge in [-0.1, -0.05) is 18.2 Å². The lowest BCUT2D eigenvalue weighted by Gasteiger charge is -2.22. The van der Waals surface area contributed by atoms with E-state index in [0.717, 1.165) is 50.1 Å². The van der Waals surface area contributed by atoms with E-state index >= 15 is 0 Å². The van der Waals surface area contributed by atoms with Crippen molar-refractivity contribution in [1.29, 1.82) is 0 Å². The topological polar surface area (TPSA) is 86.9 Å². The van der Waals surface area contributed by atoms with Gasteiger partial charge in [-0.05, 0) is 50.1 Å². The first-order valence-electron chi connectivity index (χ1n) is 13.6. The number of carbonyl (C=O) groups is 1. The summed E-state index contributed by atoms with van der Waals surface area (Å²) in [5.41, 5.74) is 2.93. The number of piperidine rings is 1. The highest BCUT2D eigenvalue weighted by Crippen LogP contribution is 2.40. The molecule has 1 aliphatic rings. The third kappa shape index (κ3) is 4.28. The second kappa shape index (κ2) is 10.1. The van der Waals surface area contributed by atoms with E-state index in [4.69, 9.17) is 8.83 Å². The van der Waals surface area contributed by atoms with Crippen LogP contribution in [0.4, 0.5) is 5.69 Å². The maximum atomic E-state index is 13.7. The van der Waals surface area contributed by atoms with Crippen LogP contribution in [0.1, 0.15) is 43.5 Å². The Morgan fingerprint density at radius 3 is 2.36 bits per heavy atom. The van der Waals surface area contributed by atoms with E-state index in [1.54, 1.807) is 24.3 Å². The summed E-state index contributed by atoms with van der Waals surface area (Å²) in [5.74, 6) is -1.07. The minimum atomic E-state index is -1.07. The molecular formula is C32H31N2O5+. The number of fused-ring (bicyclic) bond motifs is 4. The standard InChI is InChI=1S/C32H30N2O5/c1-3-33(4-2)20-12-14-24-26(18-20)38-30-25-15-13-21(34-16-8-5-9-17-34)19-27(25)39-32(37)29(30)28(24)22-10-6-7-11-23(22)31(35)36/h6-7,10-15,18-19H,3-5,8-9,16-17H2,1-2H3/p+1. The van der Waals surface area contributed by atoms with Gasteiger partial charge in [-0.3, -0.25) is 0 Å². The normalized spacial score (nSPS) is 13.8. The fourth-order valence-electron chi connectivity index (χ4n) is 5.83. The SMILES string of the molecule is CCN(CC)c1ccc2c(-c3ccccc3C(=O)O)c3c(=O)oc4cc(=[N+]5CCCCC5)ccc4c3oc2c1. The van der Waals surface area contributed by atoms with Crippen molar-refractivity contribution in [2.75, 3.05) is 31.1 Å². The first kappa shape index (κ1) is 24.9. The third-order valence-electron chi connectivity index (χ3n) is 7.82. The number of nitrogens with zero attached hydrogens (tertiary/aromatic N) is 2. The lowest BCUT2D eigenvalue weighted by atomic mass is 9.93. The molecule has 0 unspecified atom stereocenters. The van der Waals surface area contributed by atoms with E-state index in [1.165, 1.54) is 6.42 Å². The summed E-state index contributed by atoms with van der Waals surface area (Å²) in [7, 11) is 0. The molecule has 0 aliphatic carbocycles. The van der Waals surface area contributed by atoms with Gasteiger partial charge in [-0.25, -0.2) is 14.2 Å². The molecule has 1 aliphatic heterocycles. The van der Waals surface area contributed by atoms with Crippen LogP contribution in [0.2, 0.25) is 0 Å². The Balaban J connectivity index is 1.75. The van der Waals surface area contributed by atoms with Crippen molar-refractivity contribution in [2.24, 2.45) is 0 Å². The zero-order valence-corrected chi connectivity index (χ0v) is 22.2. The molecule has 3 aromatic carbocycles. The fraction of sp³-hybridized carbons (Fsp3) is 0.281. The van der Waals surface area contributed by atoms with Crippen LogP contribution in [0.3, 0.4) is 0 Å². The Bertz CT molecular complexity index is 1870. The van der Waals surface area contributed by atoms with Crippen LogP contribution in [0.25, 0.3) is 44.0 Å². The molecule has 5 aromatic rings. The van der Waals surface area contributed by atoms with Crippen molar-refractivity contribution < 1.29 is 18.7 Å². The lowest BCUT2D eigenvalue weighted by molar-refractivity contribution is 0.0697. The summed E-state index contributed by atoms with van der Waals surface area (Å²) in [5, 5.41) is 12.6. The predicted octanol–water partition coefficient (Wildman–Crippen LogP) is 5.86. The van der Waals surface area contributed by atoms with Crippen LogP contribution in [0.5, 0.6) is 0 Å². The molecule has 39 heavy (non-hydrogen) atoms. The summed E-state index contributed by atoms with van der Waals surface area (Å²) in [4.78, 5) is 28.1. The number of aromatic carboxylic acids is 1. The summed E-state index contributed by atoms with van der Waals surface area (Å²) in [6.45, 7) is 7.80. The highest BCUT2D eigenvalue weighted by Gasteiger charge is 2.23. The monoisotopic (exact) mass is 523 g/mol. The summed E-state index contributed by atoms with van der Waals surface area (Å²) in [6, 6.07) is 18.5. The van der Waals surface area contributed by atoms with E-state index in [-0.39, 0.29) is 10.9 Å². The molecule has 0 spiro atoms. The number of hydrogen-bond acceptors (Lipinski definition) is 5. The smallest absolute Gasteiger partial charge is 0.348 e. The number of carboxylic acid groups (broad SMARTS) is 1. The average molecular weight is 524 g/mol. The van der Waals surface area contributed by atoms with Gasteiger partial charge in [0.15, 0.2) is 5.58 Å². The molecule has 1 saturated heterocycles. The van der Waals surface area contributed by atoms with E-state index in [0.29, 0.717) is 38.6 Å². The summed E-state index contributed by atoms with van der Waals surface area (Å²) >= 11 is 0. The third-order valence-corrected chi connectivity index (χ3v) is 7.82. The molecule has 7 nitrogen and oxygen atoms in total. The van der Waals surface area contributed by atoms with Gasteiger partial charge in [-0.2, -0.15) is 0 Å². The summed E-state index contributed by atoms with van der Waals surface area (Å²) in [6.07, 6.45) is 3.51. The Kier molecular flexibility index (Phi) is 6.43. The van der Waals surface area contributed by atoms with E-state index < -0.39 is 11.6 Å². The molecular weight excluding hydrogens is 492 g/mol. The van der Waals surface area contributed by atoms with E-state index in [2.05, 4.69) is 23.3 Å². The number of benzene rings is 3. The average Bonchev–Trinajstić information content (AvgIpc) is 2.97. The van der Waals surface area contributed by atoms with Crippen molar-refractivity contribution >= 4 is 44.6 Å². The maximum absolute atomic E-state index is 13.7. The minimum Gasteiger partial charge on any atom is -0.478 e. The molecule has 7 heteroatoms. The number of rotatable bonds is 5. The van der Waals surface area contributed by atoms with Crippen LogP contribution >= 0.6 is 0 Å².